The lowest BCUT2D eigenvalue weighted by atomic mass is 10.1. The number of ether oxygens (including phenoxy) is 1. The van der Waals surface area contributed by atoms with Crippen molar-refractivity contribution in [2.45, 2.75) is 6.04 Å². The number of hydrogen-bond donors (Lipinski definition) is 2. The van der Waals surface area contributed by atoms with E-state index in [2.05, 4.69) is 10.6 Å². The summed E-state index contributed by atoms with van der Waals surface area (Å²) in [7, 11) is 5.37. The predicted molar refractivity (Wildman–Crippen MR) is 92.8 cm³/mol. The highest BCUT2D eigenvalue weighted by Crippen LogP contribution is 2.21. The number of halogens is 2. The lowest BCUT2D eigenvalue weighted by Gasteiger charge is -2.25. The van der Waals surface area contributed by atoms with Crippen LogP contribution in [0.4, 0.5) is 19.3 Å². The van der Waals surface area contributed by atoms with Crippen LogP contribution in [0.2, 0.25) is 0 Å². The number of likely N-dealkylation sites (N-methyl/N-ethyl adjacent to an activating group) is 1. The Morgan fingerprint density at radius 1 is 1.16 bits per heavy atom. The summed E-state index contributed by atoms with van der Waals surface area (Å²) in [5.74, 6) is -0.578. The number of carbonyl (C=O) groups excluding carboxylic acids is 1. The average Bonchev–Trinajstić information content (AvgIpc) is 2.58. The van der Waals surface area contributed by atoms with Crippen LogP contribution in [0, 0.1) is 11.6 Å². The molecule has 1 atom stereocenters. The molecule has 0 spiro atoms. The van der Waals surface area contributed by atoms with Crippen LogP contribution >= 0.6 is 0 Å². The van der Waals surface area contributed by atoms with E-state index in [1.54, 1.807) is 7.11 Å². The summed E-state index contributed by atoms with van der Waals surface area (Å²) < 4.78 is 31.8. The number of anilines is 1. The molecule has 25 heavy (non-hydrogen) atoms. The molecule has 0 heterocycles. The molecule has 2 N–H and O–H groups in total. The lowest BCUT2D eigenvalue weighted by molar-refractivity contribution is 0.243. The molecule has 0 saturated carbocycles. The highest BCUT2D eigenvalue weighted by Gasteiger charge is 2.16. The van der Waals surface area contributed by atoms with Crippen LogP contribution in [-0.2, 0) is 0 Å². The molecular formula is C18H21F2N3O2. The van der Waals surface area contributed by atoms with E-state index in [0.29, 0.717) is 6.54 Å². The minimum absolute atomic E-state index is 0.0889. The summed E-state index contributed by atoms with van der Waals surface area (Å²) in [4.78, 5) is 13.9. The molecule has 0 aliphatic carbocycles. The molecule has 0 aliphatic rings. The first-order chi connectivity index (χ1) is 11.9. The monoisotopic (exact) mass is 349 g/mol. The molecular weight excluding hydrogens is 328 g/mol. The Labute approximate surface area is 145 Å². The van der Waals surface area contributed by atoms with Gasteiger partial charge in [0.05, 0.1) is 18.8 Å². The molecule has 134 valence electrons. The van der Waals surface area contributed by atoms with Gasteiger partial charge < -0.3 is 20.3 Å². The van der Waals surface area contributed by atoms with Gasteiger partial charge >= 0.3 is 6.03 Å². The van der Waals surface area contributed by atoms with Gasteiger partial charge in [-0.2, -0.15) is 0 Å². The van der Waals surface area contributed by atoms with E-state index < -0.39 is 17.7 Å². The van der Waals surface area contributed by atoms with Crippen molar-refractivity contribution in [1.82, 2.24) is 10.2 Å². The molecule has 2 aromatic carbocycles. The lowest BCUT2D eigenvalue weighted by Crippen LogP contribution is -2.37. The summed E-state index contributed by atoms with van der Waals surface area (Å²) in [5.41, 5.74) is 0.784. The van der Waals surface area contributed by atoms with Crippen molar-refractivity contribution >= 4 is 11.7 Å². The van der Waals surface area contributed by atoms with Crippen molar-refractivity contribution in [1.29, 1.82) is 0 Å². The minimum Gasteiger partial charge on any atom is -0.497 e. The standard InChI is InChI=1S/C18H21F2N3O2/c1-23(2)17(12-4-7-14(25-3)8-5-12)11-21-18(24)22-16-10-13(19)6-9-15(16)20/h4-10,17H,11H2,1-3H3,(H2,21,22,24). The Kier molecular flexibility index (Phi) is 6.30. The third-order valence-corrected chi connectivity index (χ3v) is 3.76. The summed E-state index contributed by atoms with van der Waals surface area (Å²) in [6.07, 6.45) is 0. The van der Waals surface area contributed by atoms with Crippen LogP contribution in [-0.4, -0.2) is 38.7 Å². The highest BCUT2D eigenvalue weighted by molar-refractivity contribution is 5.89. The van der Waals surface area contributed by atoms with Gasteiger partial charge in [0, 0.05) is 12.6 Å². The van der Waals surface area contributed by atoms with Crippen LogP contribution < -0.4 is 15.4 Å². The number of urea groups is 1. The summed E-state index contributed by atoms with van der Waals surface area (Å²) in [6, 6.07) is 9.70. The Balaban J connectivity index is 2.00. The molecule has 0 aliphatic heterocycles. The van der Waals surface area contributed by atoms with Crippen LogP contribution in [0.3, 0.4) is 0 Å². The van der Waals surface area contributed by atoms with Gasteiger partial charge in [0.25, 0.3) is 0 Å². The molecule has 0 saturated heterocycles. The molecule has 2 aromatic rings. The molecule has 1 unspecified atom stereocenters. The van der Waals surface area contributed by atoms with Gasteiger partial charge in [0.15, 0.2) is 0 Å². The number of nitrogens with zero attached hydrogens (tertiary/aromatic N) is 1. The number of amides is 2. The number of nitrogens with one attached hydrogen (secondary N) is 2. The maximum Gasteiger partial charge on any atom is 0.319 e. The zero-order valence-corrected chi connectivity index (χ0v) is 14.3. The smallest absolute Gasteiger partial charge is 0.319 e. The van der Waals surface area contributed by atoms with Crippen LogP contribution in [0.5, 0.6) is 5.75 Å². The maximum absolute atomic E-state index is 13.6. The highest BCUT2D eigenvalue weighted by atomic mass is 19.1. The van der Waals surface area contributed by atoms with Gasteiger partial charge in [-0.25, -0.2) is 13.6 Å². The Bertz CT molecular complexity index is 721. The molecule has 7 heteroatoms. The first kappa shape index (κ1) is 18.7. The predicted octanol–water partition coefficient (Wildman–Crippen LogP) is 3.40. The molecule has 0 fully saturated rings. The van der Waals surface area contributed by atoms with E-state index in [4.69, 9.17) is 4.74 Å². The molecule has 0 radical (unpaired) electrons. The summed E-state index contributed by atoms with van der Waals surface area (Å²) >= 11 is 0. The topological polar surface area (TPSA) is 53.6 Å². The normalized spacial score (nSPS) is 11.9. The zero-order valence-electron chi connectivity index (χ0n) is 14.3. The van der Waals surface area contributed by atoms with Crippen molar-refractivity contribution in [3.05, 3.63) is 59.7 Å². The average molecular weight is 349 g/mol. The van der Waals surface area contributed by atoms with Gasteiger partial charge in [-0.15, -0.1) is 0 Å². The van der Waals surface area contributed by atoms with Crippen LogP contribution in [0.25, 0.3) is 0 Å². The minimum atomic E-state index is -0.698. The van der Waals surface area contributed by atoms with Gasteiger partial charge in [0.1, 0.15) is 17.4 Å². The fourth-order valence-corrected chi connectivity index (χ4v) is 2.37. The molecule has 5 nitrogen and oxygen atoms in total. The molecule has 0 aromatic heterocycles. The first-order valence-electron chi connectivity index (χ1n) is 7.71. The van der Waals surface area contributed by atoms with Crippen molar-refractivity contribution in [3.8, 4) is 5.75 Å². The Hall–Kier alpha value is -2.67. The summed E-state index contributed by atoms with van der Waals surface area (Å²) in [6.45, 7) is 0.294. The quantitative estimate of drug-likeness (QED) is 0.840. The summed E-state index contributed by atoms with van der Waals surface area (Å²) in [5, 5.41) is 4.99. The van der Waals surface area contributed by atoms with Crippen LogP contribution in [0.1, 0.15) is 11.6 Å². The van der Waals surface area contributed by atoms with E-state index in [1.807, 2.05) is 43.3 Å². The number of methoxy groups -OCH3 is 1. The third kappa shape index (κ3) is 5.15. The van der Waals surface area contributed by atoms with Crippen molar-refractivity contribution in [2.24, 2.45) is 0 Å². The molecule has 2 rings (SSSR count). The van der Waals surface area contributed by atoms with E-state index in [-0.39, 0.29) is 11.7 Å². The molecule has 2 amide bonds. The SMILES string of the molecule is COc1ccc(C(CNC(=O)Nc2cc(F)ccc2F)N(C)C)cc1. The largest absolute Gasteiger partial charge is 0.497 e. The van der Waals surface area contributed by atoms with Gasteiger partial charge in [-0.05, 0) is 43.9 Å². The van der Waals surface area contributed by atoms with Crippen LogP contribution in [0.15, 0.2) is 42.5 Å². The second-order valence-electron chi connectivity index (χ2n) is 5.71. The first-order valence-corrected chi connectivity index (χ1v) is 7.71. The molecule has 0 bridgehead atoms. The van der Waals surface area contributed by atoms with Crippen molar-refractivity contribution in [3.63, 3.8) is 0 Å². The van der Waals surface area contributed by atoms with E-state index in [0.717, 1.165) is 29.5 Å². The zero-order chi connectivity index (χ0) is 18.4. The number of hydrogen-bond acceptors (Lipinski definition) is 3. The maximum atomic E-state index is 13.6. The second kappa shape index (κ2) is 8.43. The number of benzene rings is 2. The van der Waals surface area contributed by atoms with Crippen molar-refractivity contribution in [2.75, 3.05) is 33.1 Å². The Morgan fingerprint density at radius 3 is 2.44 bits per heavy atom. The van der Waals surface area contributed by atoms with E-state index >= 15 is 0 Å². The van der Waals surface area contributed by atoms with Gasteiger partial charge in [0.2, 0.25) is 0 Å². The number of carbonyl (C=O) groups is 1. The van der Waals surface area contributed by atoms with Crippen molar-refractivity contribution < 1.29 is 18.3 Å². The van der Waals surface area contributed by atoms with E-state index in [1.165, 1.54) is 0 Å². The fraction of sp³-hybridized carbons (Fsp3) is 0.278. The fourth-order valence-electron chi connectivity index (χ4n) is 2.37. The second-order valence-corrected chi connectivity index (χ2v) is 5.71. The third-order valence-electron chi connectivity index (χ3n) is 3.76. The van der Waals surface area contributed by atoms with Gasteiger partial charge in [-0.1, -0.05) is 12.1 Å². The Morgan fingerprint density at radius 2 is 1.84 bits per heavy atom. The number of rotatable bonds is 6. The van der Waals surface area contributed by atoms with Gasteiger partial charge in [-0.3, -0.25) is 0 Å². The van der Waals surface area contributed by atoms with E-state index in [9.17, 15) is 13.6 Å².